The number of carbonyl (C=O) groups excluding carboxylic acids is 1. The van der Waals surface area contributed by atoms with Crippen molar-refractivity contribution >= 4 is 5.78 Å². The van der Waals surface area contributed by atoms with Gasteiger partial charge in [-0.1, -0.05) is 0 Å². The molecule has 0 unspecified atom stereocenters. The Hall–Kier alpha value is -1.42. The third kappa shape index (κ3) is 3.53. The number of ether oxygens (including phenoxy) is 1. The summed E-state index contributed by atoms with van der Waals surface area (Å²) < 4.78 is 19.2. The van der Waals surface area contributed by atoms with Crippen molar-refractivity contribution < 1.29 is 13.9 Å². The van der Waals surface area contributed by atoms with Gasteiger partial charge >= 0.3 is 0 Å². The number of carbonyl (C=O) groups is 1. The van der Waals surface area contributed by atoms with Crippen LogP contribution in [0.25, 0.3) is 0 Å². The van der Waals surface area contributed by atoms with Crippen LogP contribution in [0, 0.1) is 5.82 Å². The quantitative estimate of drug-likeness (QED) is 0.756. The number of rotatable bonds is 5. The highest BCUT2D eigenvalue weighted by Crippen LogP contribution is 2.21. The Morgan fingerprint density at radius 1 is 1.39 bits per heavy atom. The third-order valence-corrected chi connectivity index (χ3v) is 3.13. The van der Waals surface area contributed by atoms with Crippen LogP contribution in [-0.2, 0) is 0 Å². The molecule has 0 aliphatic heterocycles. The molecule has 100 valence electrons. The zero-order chi connectivity index (χ0) is 13.9. The summed E-state index contributed by atoms with van der Waals surface area (Å²) >= 11 is 0. The van der Waals surface area contributed by atoms with Gasteiger partial charge in [0.2, 0.25) is 0 Å². The maximum atomic E-state index is 13.7. The van der Waals surface area contributed by atoms with Crippen LogP contribution in [0.3, 0.4) is 0 Å². The highest BCUT2D eigenvalue weighted by Gasteiger charge is 2.22. The number of nitrogens with zero attached hydrogens (tertiary/aromatic N) is 1. The molecule has 1 rings (SSSR count). The summed E-state index contributed by atoms with van der Waals surface area (Å²) in [6, 6.07) is 4.28. The maximum absolute atomic E-state index is 13.7. The number of ketones is 1. The molecule has 1 aromatic rings. The van der Waals surface area contributed by atoms with E-state index in [0.717, 1.165) is 0 Å². The first-order chi connectivity index (χ1) is 8.24. The predicted molar refractivity (Wildman–Crippen MR) is 69.7 cm³/mol. The Kier molecular flexibility index (Phi) is 4.46. The molecule has 0 atom stereocenters. The number of likely N-dealkylation sites (N-methyl/N-ethyl adjacent to an activating group) is 1. The van der Waals surface area contributed by atoms with E-state index in [1.165, 1.54) is 19.1 Å². The summed E-state index contributed by atoms with van der Waals surface area (Å²) in [7, 11) is 3.89. The topological polar surface area (TPSA) is 29.5 Å². The highest BCUT2D eigenvalue weighted by molar-refractivity contribution is 5.94. The maximum Gasteiger partial charge on any atom is 0.165 e. The fraction of sp³-hybridized carbons (Fsp3) is 0.500. The summed E-state index contributed by atoms with van der Waals surface area (Å²) in [6.07, 6.45) is 0. The Morgan fingerprint density at radius 3 is 2.44 bits per heavy atom. The zero-order valence-electron chi connectivity index (χ0n) is 11.6. The van der Waals surface area contributed by atoms with E-state index < -0.39 is 5.82 Å². The molecule has 0 saturated carbocycles. The first-order valence-electron chi connectivity index (χ1n) is 5.85. The second-order valence-corrected chi connectivity index (χ2v) is 5.20. The zero-order valence-corrected chi connectivity index (χ0v) is 11.6. The summed E-state index contributed by atoms with van der Waals surface area (Å²) in [5.41, 5.74) is 0.165. The summed E-state index contributed by atoms with van der Waals surface area (Å²) in [6.45, 7) is 5.80. The van der Waals surface area contributed by atoms with E-state index >= 15 is 0 Å². The fourth-order valence-electron chi connectivity index (χ4n) is 1.22. The first kappa shape index (κ1) is 14.6. The van der Waals surface area contributed by atoms with Crippen molar-refractivity contribution in [2.75, 3.05) is 20.7 Å². The van der Waals surface area contributed by atoms with E-state index in [9.17, 15) is 9.18 Å². The minimum atomic E-state index is -0.503. The van der Waals surface area contributed by atoms with Crippen LogP contribution in [0.4, 0.5) is 4.39 Å². The van der Waals surface area contributed by atoms with Gasteiger partial charge in [-0.25, -0.2) is 4.39 Å². The van der Waals surface area contributed by atoms with Crippen molar-refractivity contribution in [3.05, 3.63) is 29.6 Å². The van der Waals surface area contributed by atoms with Gasteiger partial charge in [0.15, 0.2) is 17.3 Å². The molecule has 0 aliphatic carbocycles. The Labute approximate surface area is 108 Å². The van der Waals surface area contributed by atoms with Gasteiger partial charge in [0.05, 0.1) is 0 Å². The molecule has 0 aliphatic rings. The monoisotopic (exact) mass is 253 g/mol. The van der Waals surface area contributed by atoms with Crippen LogP contribution in [0.2, 0.25) is 0 Å². The molecule has 18 heavy (non-hydrogen) atoms. The molecular formula is C14H20FNO2. The van der Waals surface area contributed by atoms with Crippen LogP contribution in [0.5, 0.6) is 5.75 Å². The molecule has 0 N–H and O–H groups in total. The lowest BCUT2D eigenvalue weighted by Crippen LogP contribution is -2.43. The van der Waals surface area contributed by atoms with Gasteiger partial charge in [0, 0.05) is 11.1 Å². The van der Waals surface area contributed by atoms with Crippen molar-refractivity contribution in [3.8, 4) is 5.75 Å². The minimum Gasteiger partial charge on any atom is -0.489 e. The van der Waals surface area contributed by atoms with E-state index in [4.69, 9.17) is 4.74 Å². The van der Waals surface area contributed by atoms with Gasteiger partial charge in [0.25, 0.3) is 0 Å². The average molecular weight is 253 g/mol. The molecular weight excluding hydrogens is 233 g/mol. The van der Waals surface area contributed by atoms with Crippen molar-refractivity contribution in [1.29, 1.82) is 0 Å². The molecule has 1 aromatic carbocycles. The second-order valence-electron chi connectivity index (χ2n) is 5.20. The van der Waals surface area contributed by atoms with Crippen LogP contribution >= 0.6 is 0 Å². The van der Waals surface area contributed by atoms with E-state index in [1.54, 1.807) is 6.07 Å². The van der Waals surface area contributed by atoms with Crippen molar-refractivity contribution in [3.63, 3.8) is 0 Å². The smallest absolute Gasteiger partial charge is 0.165 e. The van der Waals surface area contributed by atoms with Gasteiger partial charge in [-0.3, -0.25) is 4.79 Å². The molecule has 0 heterocycles. The van der Waals surface area contributed by atoms with Gasteiger partial charge < -0.3 is 9.64 Å². The van der Waals surface area contributed by atoms with E-state index in [0.29, 0.717) is 12.2 Å². The van der Waals surface area contributed by atoms with E-state index in [-0.39, 0.29) is 17.1 Å². The Balaban J connectivity index is 2.78. The Bertz CT molecular complexity index is 441. The average Bonchev–Trinajstić information content (AvgIpc) is 2.26. The predicted octanol–water partition coefficient (Wildman–Crippen LogP) is 2.75. The lowest BCUT2D eigenvalue weighted by atomic mass is 10.1. The largest absolute Gasteiger partial charge is 0.489 e. The van der Waals surface area contributed by atoms with Crippen LogP contribution in [0.1, 0.15) is 31.1 Å². The lowest BCUT2D eigenvalue weighted by molar-refractivity contribution is 0.101. The van der Waals surface area contributed by atoms with Crippen LogP contribution in [-0.4, -0.2) is 36.9 Å². The number of halogens is 1. The van der Waals surface area contributed by atoms with Crippen LogP contribution < -0.4 is 4.74 Å². The van der Waals surface area contributed by atoms with E-state index in [2.05, 4.69) is 0 Å². The molecule has 0 fully saturated rings. The number of benzene rings is 1. The standard InChI is InChI=1S/C14H20FNO2/c1-10(17)11-6-7-13(12(15)8-11)18-9-14(2,3)16(4)5/h6-8H,9H2,1-5H3. The molecule has 0 bridgehead atoms. The third-order valence-electron chi connectivity index (χ3n) is 3.13. The molecule has 0 spiro atoms. The van der Waals surface area contributed by atoms with Crippen molar-refractivity contribution in [1.82, 2.24) is 4.90 Å². The Morgan fingerprint density at radius 2 is 2.00 bits per heavy atom. The van der Waals surface area contributed by atoms with E-state index in [1.807, 2.05) is 32.8 Å². The second kappa shape index (κ2) is 5.48. The number of hydrogen-bond donors (Lipinski definition) is 0. The highest BCUT2D eigenvalue weighted by atomic mass is 19.1. The SMILES string of the molecule is CC(=O)c1ccc(OCC(C)(C)N(C)C)c(F)c1. The fourth-order valence-corrected chi connectivity index (χ4v) is 1.22. The molecule has 4 heteroatoms. The minimum absolute atomic E-state index is 0.158. The summed E-state index contributed by atoms with van der Waals surface area (Å²) in [4.78, 5) is 13.1. The first-order valence-corrected chi connectivity index (χ1v) is 5.85. The van der Waals surface area contributed by atoms with Gasteiger partial charge in [-0.2, -0.15) is 0 Å². The number of Topliss-reactive ketones (excluding diaryl/α,β-unsaturated/α-hetero) is 1. The van der Waals surface area contributed by atoms with Gasteiger partial charge in [0.1, 0.15) is 6.61 Å². The normalized spacial score (nSPS) is 11.7. The van der Waals surface area contributed by atoms with Crippen LogP contribution in [0.15, 0.2) is 18.2 Å². The van der Waals surface area contributed by atoms with Gasteiger partial charge in [-0.05, 0) is 53.1 Å². The van der Waals surface area contributed by atoms with Crippen molar-refractivity contribution in [2.24, 2.45) is 0 Å². The lowest BCUT2D eigenvalue weighted by Gasteiger charge is -2.32. The summed E-state index contributed by atoms with van der Waals surface area (Å²) in [5, 5.41) is 0. The molecule has 0 radical (unpaired) electrons. The number of hydrogen-bond acceptors (Lipinski definition) is 3. The summed E-state index contributed by atoms with van der Waals surface area (Å²) in [5.74, 6) is -0.485. The van der Waals surface area contributed by atoms with Crippen molar-refractivity contribution in [2.45, 2.75) is 26.3 Å². The molecule has 0 amide bonds. The molecule has 0 saturated heterocycles. The molecule has 0 aromatic heterocycles. The molecule has 3 nitrogen and oxygen atoms in total. The van der Waals surface area contributed by atoms with Gasteiger partial charge in [-0.15, -0.1) is 0 Å².